The lowest BCUT2D eigenvalue weighted by atomic mass is 9.97. The van der Waals surface area contributed by atoms with E-state index in [-0.39, 0.29) is 4.90 Å². The molecule has 0 aromatic heterocycles. The van der Waals surface area contributed by atoms with E-state index >= 15 is 0 Å². The number of hydrogen-bond donors (Lipinski definition) is 1. The highest BCUT2D eigenvalue weighted by Gasteiger charge is 2.43. The van der Waals surface area contributed by atoms with Gasteiger partial charge in [-0.2, -0.15) is 13.7 Å². The molecule has 0 radical (unpaired) electrons. The zero-order valence-corrected chi connectivity index (χ0v) is 10.3. The van der Waals surface area contributed by atoms with Crippen molar-refractivity contribution in [3.05, 3.63) is 29.3 Å². The van der Waals surface area contributed by atoms with Gasteiger partial charge in [-0.1, -0.05) is 17.7 Å². The van der Waals surface area contributed by atoms with E-state index in [1.54, 1.807) is 12.1 Å². The van der Waals surface area contributed by atoms with E-state index in [0.29, 0.717) is 12.0 Å². The SMILES string of the molecule is Cc1ccc(S(=O)(=O)O)c(CC2(C#N)CC2)c1. The Labute approximate surface area is 101 Å². The Hall–Kier alpha value is -1.38. The van der Waals surface area contributed by atoms with Crippen LogP contribution in [-0.2, 0) is 16.5 Å². The van der Waals surface area contributed by atoms with Gasteiger partial charge in [-0.25, -0.2) is 0 Å². The van der Waals surface area contributed by atoms with Gasteiger partial charge in [0.25, 0.3) is 10.1 Å². The van der Waals surface area contributed by atoms with Crippen LogP contribution in [0, 0.1) is 23.7 Å². The number of aryl methyl sites for hydroxylation is 1. The van der Waals surface area contributed by atoms with Crippen LogP contribution in [0.25, 0.3) is 0 Å². The molecule has 0 amide bonds. The first-order valence-electron chi connectivity index (χ1n) is 5.35. The molecular weight excluding hydrogens is 238 g/mol. The number of nitrogens with zero attached hydrogens (tertiary/aromatic N) is 1. The smallest absolute Gasteiger partial charge is 0.282 e. The molecule has 5 heteroatoms. The van der Waals surface area contributed by atoms with Crippen LogP contribution >= 0.6 is 0 Å². The molecule has 1 aromatic carbocycles. The molecule has 4 nitrogen and oxygen atoms in total. The highest BCUT2D eigenvalue weighted by atomic mass is 32.2. The lowest BCUT2D eigenvalue weighted by Crippen LogP contribution is -2.08. The highest BCUT2D eigenvalue weighted by Crippen LogP contribution is 2.48. The molecule has 17 heavy (non-hydrogen) atoms. The number of rotatable bonds is 3. The van der Waals surface area contributed by atoms with Crippen LogP contribution in [0.4, 0.5) is 0 Å². The van der Waals surface area contributed by atoms with Crippen molar-refractivity contribution >= 4 is 10.1 Å². The molecule has 0 saturated heterocycles. The quantitative estimate of drug-likeness (QED) is 0.834. The van der Waals surface area contributed by atoms with Crippen LogP contribution in [0.15, 0.2) is 23.1 Å². The van der Waals surface area contributed by atoms with Gasteiger partial charge in [0.2, 0.25) is 0 Å². The molecule has 0 aliphatic heterocycles. The summed E-state index contributed by atoms with van der Waals surface area (Å²) in [5, 5.41) is 9.02. The first-order valence-corrected chi connectivity index (χ1v) is 6.79. The Morgan fingerprint density at radius 2 is 2.12 bits per heavy atom. The van der Waals surface area contributed by atoms with Crippen molar-refractivity contribution in [1.82, 2.24) is 0 Å². The maximum atomic E-state index is 11.2. The van der Waals surface area contributed by atoms with E-state index in [1.807, 2.05) is 6.92 Å². The van der Waals surface area contributed by atoms with Crippen LogP contribution in [0.2, 0.25) is 0 Å². The second kappa shape index (κ2) is 3.83. The fourth-order valence-corrected chi connectivity index (χ4v) is 2.64. The number of nitriles is 1. The van der Waals surface area contributed by atoms with Crippen molar-refractivity contribution < 1.29 is 13.0 Å². The third-order valence-corrected chi connectivity index (χ3v) is 4.07. The van der Waals surface area contributed by atoms with Crippen molar-refractivity contribution in [2.24, 2.45) is 5.41 Å². The van der Waals surface area contributed by atoms with Gasteiger partial charge in [0.05, 0.1) is 16.4 Å². The number of benzene rings is 1. The van der Waals surface area contributed by atoms with Crippen LogP contribution in [-0.4, -0.2) is 13.0 Å². The van der Waals surface area contributed by atoms with Crippen LogP contribution < -0.4 is 0 Å². The summed E-state index contributed by atoms with van der Waals surface area (Å²) in [6.07, 6.45) is 1.98. The Morgan fingerprint density at radius 1 is 1.47 bits per heavy atom. The lowest BCUT2D eigenvalue weighted by molar-refractivity contribution is 0.481. The van der Waals surface area contributed by atoms with Gasteiger partial charge in [-0.3, -0.25) is 4.55 Å². The van der Waals surface area contributed by atoms with Crippen molar-refractivity contribution in [3.63, 3.8) is 0 Å². The summed E-state index contributed by atoms with van der Waals surface area (Å²) in [6, 6.07) is 6.98. The Morgan fingerprint density at radius 3 is 2.59 bits per heavy atom. The molecule has 0 atom stereocenters. The van der Waals surface area contributed by atoms with Crippen molar-refractivity contribution in [2.45, 2.75) is 31.1 Å². The molecule has 1 aliphatic rings. The molecule has 0 heterocycles. The lowest BCUT2D eigenvalue weighted by Gasteiger charge is -2.10. The first kappa shape index (κ1) is 12.1. The minimum Gasteiger partial charge on any atom is -0.282 e. The average Bonchev–Trinajstić information content (AvgIpc) is 2.96. The van der Waals surface area contributed by atoms with E-state index in [0.717, 1.165) is 18.4 Å². The molecule has 90 valence electrons. The number of hydrogen-bond acceptors (Lipinski definition) is 3. The largest absolute Gasteiger partial charge is 0.294 e. The maximum Gasteiger partial charge on any atom is 0.294 e. The van der Waals surface area contributed by atoms with Gasteiger partial charge in [-0.15, -0.1) is 0 Å². The highest BCUT2D eigenvalue weighted by molar-refractivity contribution is 7.85. The van der Waals surface area contributed by atoms with Crippen LogP contribution in [0.5, 0.6) is 0 Å². The van der Waals surface area contributed by atoms with E-state index in [2.05, 4.69) is 6.07 Å². The Kier molecular flexibility index (Phi) is 2.72. The molecule has 1 aromatic rings. The zero-order valence-electron chi connectivity index (χ0n) is 9.47. The fraction of sp³-hybridized carbons (Fsp3) is 0.417. The molecule has 1 aliphatic carbocycles. The van der Waals surface area contributed by atoms with Gasteiger partial charge >= 0.3 is 0 Å². The molecule has 0 unspecified atom stereocenters. The fourth-order valence-electron chi connectivity index (χ4n) is 1.94. The van der Waals surface area contributed by atoms with Gasteiger partial charge < -0.3 is 0 Å². The second-order valence-corrected chi connectivity index (χ2v) is 6.05. The maximum absolute atomic E-state index is 11.2. The van der Waals surface area contributed by atoms with Crippen molar-refractivity contribution in [2.75, 3.05) is 0 Å². The third-order valence-electron chi connectivity index (χ3n) is 3.11. The molecule has 0 spiro atoms. The first-order chi connectivity index (χ1) is 7.86. The Balaban J connectivity index is 2.45. The minimum atomic E-state index is -4.21. The molecule has 1 fully saturated rings. The average molecular weight is 251 g/mol. The predicted molar refractivity (Wildman–Crippen MR) is 62.0 cm³/mol. The summed E-state index contributed by atoms with van der Waals surface area (Å²) in [5.74, 6) is 0. The van der Waals surface area contributed by atoms with E-state index in [9.17, 15) is 8.42 Å². The molecular formula is C12H13NO3S. The summed E-state index contributed by atoms with van der Waals surface area (Å²) < 4.78 is 31.6. The van der Waals surface area contributed by atoms with Gasteiger partial charge in [0, 0.05) is 0 Å². The normalized spacial score (nSPS) is 17.5. The monoisotopic (exact) mass is 251 g/mol. The topological polar surface area (TPSA) is 78.2 Å². The molecule has 1 saturated carbocycles. The van der Waals surface area contributed by atoms with E-state index < -0.39 is 15.5 Å². The second-order valence-electron chi connectivity index (χ2n) is 4.66. The van der Waals surface area contributed by atoms with Crippen molar-refractivity contribution in [1.29, 1.82) is 5.26 Å². The molecule has 2 rings (SSSR count). The van der Waals surface area contributed by atoms with Crippen molar-refractivity contribution in [3.8, 4) is 6.07 Å². The van der Waals surface area contributed by atoms with Gasteiger partial charge in [0.15, 0.2) is 0 Å². The summed E-state index contributed by atoms with van der Waals surface area (Å²) in [4.78, 5) is -0.0791. The summed E-state index contributed by atoms with van der Waals surface area (Å²) in [6.45, 7) is 1.85. The minimum absolute atomic E-state index is 0.0791. The summed E-state index contributed by atoms with van der Waals surface area (Å²) >= 11 is 0. The van der Waals surface area contributed by atoms with Gasteiger partial charge in [-0.05, 0) is 37.8 Å². The van der Waals surface area contributed by atoms with E-state index in [1.165, 1.54) is 6.07 Å². The molecule has 0 bridgehead atoms. The zero-order chi connectivity index (χ0) is 12.7. The molecule has 1 N–H and O–H groups in total. The standard InChI is InChI=1S/C12H13NO3S/c1-9-2-3-11(17(14,15)16)10(6-9)7-12(8-13)4-5-12/h2-3,6H,4-5,7H2,1H3,(H,14,15,16). The predicted octanol–water partition coefficient (Wildman–Crippen LogP) is 2.09. The summed E-state index contributed by atoms with van der Waals surface area (Å²) in [5.41, 5.74) is 1.03. The Bertz CT molecular complexity index is 595. The van der Waals surface area contributed by atoms with Crippen LogP contribution in [0.1, 0.15) is 24.0 Å². The van der Waals surface area contributed by atoms with E-state index in [4.69, 9.17) is 9.81 Å². The van der Waals surface area contributed by atoms with Gasteiger partial charge in [0.1, 0.15) is 0 Å². The third kappa shape index (κ3) is 2.48. The van der Waals surface area contributed by atoms with Crippen LogP contribution in [0.3, 0.4) is 0 Å². The summed E-state index contributed by atoms with van der Waals surface area (Å²) in [7, 11) is -4.21.